The van der Waals surface area contributed by atoms with Gasteiger partial charge in [-0.1, -0.05) is 0 Å². The van der Waals surface area contributed by atoms with E-state index in [1.54, 1.807) is 0 Å². The second-order valence-electron chi connectivity index (χ2n) is 3.30. The molecule has 0 aliphatic carbocycles. The Morgan fingerprint density at radius 1 is 1.31 bits per heavy atom. The first-order chi connectivity index (χ1) is 7.43. The van der Waals surface area contributed by atoms with Gasteiger partial charge in [0.05, 0.1) is 5.75 Å². The van der Waals surface area contributed by atoms with Gasteiger partial charge in [0, 0.05) is 11.4 Å². The van der Waals surface area contributed by atoms with Gasteiger partial charge in [0.15, 0.2) is 0 Å². The van der Waals surface area contributed by atoms with Crippen molar-refractivity contribution in [2.24, 2.45) is 0 Å². The largest absolute Gasteiger partial charge is 0.462 e. The monoisotopic (exact) mass is 245 g/mol. The minimum atomic E-state index is -3.24. The van der Waals surface area contributed by atoms with Gasteiger partial charge in [-0.3, -0.25) is 0 Å². The molecule has 90 valence electrons. The van der Waals surface area contributed by atoms with E-state index in [0.29, 0.717) is 0 Å². The fraction of sp³-hybridized carbons (Fsp3) is 0.556. The molecule has 0 bridgehead atoms. The molecule has 0 spiro atoms. The maximum absolute atomic E-state index is 11.1. The topological polar surface area (TPSA) is 81.2 Å². The van der Waals surface area contributed by atoms with Crippen molar-refractivity contribution in [1.29, 1.82) is 0 Å². The number of aryl methyl sites for hydroxylation is 2. The molecule has 6 nitrogen and oxygen atoms in total. The summed E-state index contributed by atoms with van der Waals surface area (Å²) >= 11 is 0. The summed E-state index contributed by atoms with van der Waals surface area (Å²) < 4.78 is 29.5. The molecule has 0 unspecified atom stereocenters. The Hall–Kier alpha value is -1.21. The summed E-state index contributed by atoms with van der Waals surface area (Å²) in [5.41, 5.74) is 1.58. The molecule has 16 heavy (non-hydrogen) atoms. The molecule has 0 radical (unpaired) electrons. The fourth-order valence-corrected chi connectivity index (χ4v) is 1.61. The van der Waals surface area contributed by atoms with Gasteiger partial charge in [-0.15, -0.1) is 0 Å². The molecule has 1 heterocycles. The van der Waals surface area contributed by atoms with Crippen molar-refractivity contribution in [3.05, 3.63) is 17.5 Å². The Bertz CT molecular complexity index is 439. The van der Waals surface area contributed by atoms with Crippen LogP contribution in [-0.2, 0) is 10.0 Å². The second kappa shape index (κ2) is 5.22. The average molecular weight is 245 g/mol. The first kappa shape index (κ1) is 12.9. The molecule has 0 aromatic carbocycles. The maximum Gasteiger partial charge on any atom is 0.316 e. The molecule has 1 aromatic rings. The van der Waals surface area contributed by atoms with Crippen LogP contribution in [0.4, 0.5) is 0 Å². The van der Waals surface area contributed by atoms with Crippen molar-refractivity contribution >= 4 is 10.0 Å². The SMILES string of the molecule is CNS(=O)(=O)CCOc1nc(C)cc(C)n1. The van der Waals surface area contributed by atoms with Gasteiger partial charge in [-0.25, -0.2) is 23.1 Å². The normalized spacial score (nSPS) is 11.4. The third-order valence-corrected chi connectivity index (χ3v) is 3.18. The summed E-state index contributed by atoms with van der Waals surface area (Å²) in [6, 6.07) is 2.03. The van der Waals surface area contributed by atoms with E-state index in [0.717, 1.165) is 11.4 Å². The predicted molar refractivity (Wildman–Crippen MR) is 59.8 cm³/mol. The van der Waals surface area contributed by atoms with Crippen molar-refractivity contribution in [2.45, 2.75) is 13.8 Å². The molecule has 0 fully saturated rings. The molecule has 1 aromatic heterocycles. The maximum atomic E-state index is 11.1. The van der Waals surface area contributed by atoms with Crippen molar-refractivity contribution in [3.63, 3.8) is 0 Å². The zero-order valence-electron chi connectivity index (χ0n) is 9.52. The second-order valence-corrected chi connectivity index (χ2v) is 5.35. The van der Waals surface area contributed by atoms with Crippen LogP contribution in [-0.4, -0.2) is 37.8 Å². The lowest BCUT2D eigenvalue weighted by atomic mass is 10.4. The van der Waals surface area contributed by atoms with Gasteiger partial charge in [-0.05, 0) is 27.0 Å². The number of rotatable bonds is 5. The molecule has 0 saturated heterocycles. The van der Waals surface area contributed by atoms with Crippen molar-refractivity contribution in [2.75, 3.05) is 19.4 Å². The number of nitrogens with one attached hydrogen (secondary N) is 1. The predicted octanol–water partition coefficient (Wildman–Crippen LogP) is 0.0214. The van der Waals surface area contributed by atoms with Crippen LogP contribution in [0, 0.1) is 13.8 Å². The lowest BCUT2D eigenvalue weighted by Crippen LogP contribution is -2.25. The summed E-state index contributed by atoms with van der Waals surface area (Å²) in [4.78, 5) is 8.06. The number of hydrogen-bond donors (Lipinski definition) is 1. The van der Waals surface area contributed by atoms with E-state index in [1.807, 2.05) is 19.9 Å². The third kappa shape index (κ3) is 4.11. The van der Waals surface area contributed by atoms with E-state index in [4.69, 9.17) is 4.74 Å². The highest BCUT2D eigenvalue weighted by Gasteiger charge is 2.08. The first-order valence-corrected chi connectivity index (χ1v) is 6.44. The number of aromatic nitrogens is 2. The number of sulfonamides is 1. The van der Waals surface area contributed by atoms with Gasteiger partial charge < -0.3 is 4.74 Å². The highest BCUT2D eigenvalue weighted by molar-refractivity contribution is 7.89. The fourth-order valence-electron chi connectivity index (χ4n) is 1.10. The van der Waals surface area contributed by atoms with E-state index in [2.05, 4.69) is 14.7 Å². The van der Waals surface area contributed by atoms with Crippen LogP contribution in [0.2, 0.25) is 0 Å². The van der Waals surface area contributed by atoms with Gasteiger partial charge >= 0.3 is 6.01 Å². The molecular formula is C9H15N3O3S. The zero-order chi connectivity index (χ0) is 12.2. The van der Waals surface area contributed by atoms with E-state index in [1.165, 1.54) is 7.05 Å². The van der Waals surface area contributed by atoms with Crippen LogP contribution in [0.3, 0.4) is 0 Å². The molecule has 7 heteroatoms. The number of hydrogen-bond acceptors (Lipinski definition) is 5. The number of ether oxygens (including phenoxy) is 1. The van der Waals surface area contributed by atoms with Crippen molar-refractivity contribution in [3.8, 4) is 6.01 Å². The van der Waals surface area contributed by atoms with Gasteiger partial charge in [0.25, 0.3) is 0 Å². The Kier molecular flexibility index (Phi) is 4.19. The zero-order valence-corrected chi connectivity index (χ0v) is 10.3. The van der Waals surface area contributed by atoms with Crippen LogP contribution < -0.4 is 9.46 Å². The Morgan fingerprint density at radius 3 is 2.38 bits per heavy atom. The Balaban J connectivity index is 2.55. The van der Waals surface area contributed by atoms with E-state index in [9.17, 15) is 8.42 Å². The summed E-state index contributed by atoms with van der Waals surface area (Å²) in [7, 11) is -1.88. The van der Waals surface area contributed by atoms with E-state index in [-0.39, 0.29) is 18.4 Å². The molecule has 0 aliphatic rings. The molecule has 0 atom stereocenters. The van der Waals surface area contributed by atoms with Crippen LogP contribution in [0.1, 0.15) is 11.4 Å². The van der Waals surface area contributed by atoms with Gasteiger partial charge in [0.1, 0.15) is 6.61 Å². The Morgan fingerprint density at radius 2 is 1.88 bits per heavy atom. The van der Waals surface area contributed by atoms with Gasteiger partial charge in [0.2, 0.25) is 10.0 Å². The molecule has 0 amide bonds. The number of nitrogens with zero attached hydrogens (tertiary/aromatic N) is 2. The van der Waals surface area contributed by atoms with E-state index < -0.39 is 10.0 Å². The lowest BCUT2D eigenvalue weighted by molar-refractivity contribution is 0.311. The molecule has 1 rings (SSSR count). The first-order valence-electron chi connectivity index (χ1n) is 4.79. The molecule has 0 saturated carbocycles. The lowest BCUT2D eigenvalue weighted by Gasteiger charge is -2.06. The van der Waals surface area contributed by atoms with Crippen molar-refractivity contribution < 1.29 is 13.2 Å². The standard InChI is InChI=1S/C9H15N3O3S/c1-7-6-8(2)12-9(11-7)15-4-5-16(13,14)10-3/h6,10H,4-5H2,1-3H3. The van der Waals surface area contributed by atoms with Crippen LogP contribution >= 0.6 is 0 Å². The minimum Gasteiger partial charge on any atom is -0.462 e. The van der Waals surface area contributed by atoms with Crippen molar-refractivity contribution in [1.82, 2.24) is 14.7 Å². The van der Waals surface area contributed by atoms with Crippen LogP contribution in [0.5, 0.6) is 6.01 Å². The quantitative estimate of drug-likeness (QED) is 0.791. The molecule has 1 N–H and O–H groups in total. The van der Waals surface area contributed by atoms with Crippen LogP contribution in [0.15, 0.2) is 6.07 Å². The average Bonchev–Trinajstić information content (AvgIpc) is 2.16. The minimum absolute atomic E-state index is 0.0338. The highest BCUT2D eigenvalue weighted by atomic mass is 32.2. The summed E-state index contributed by atoms with van der Waals surface area (Å²) in [6.45, 7) is 3.68. The van der Waals surface area contributed by atoms with Crippen LogP contribution in [0.25, 0.3) is 0 Å². The molecule has 0 aliphatic heterocycles. The smallest absolute Gasteiger partial charge is 0.316 e. The molecular weight excluding hydrogens is 230 g/mol. The van der Waals surface area contributed by atoms with Gasteiger partial charge in [-0.2, -0.15) is 0 Å². The summed E-state index contributed by atoms with van der Waals surface area (Å²) in [5.74, 6) is -0.111. The highest BCUT2D eigenvalue weighted by Crippen LogP contribution is 2.05. The Labute approximate surface area is 95.1 Å². The summed E-state index contributed by atoms with van der Waals surface area (Å²) in [6.07, 6.45) is 0. The summed E-state index contributed by atoms with van der Waals surface area (Å²) in [5, 5.41) is 0. The van der Waals surface area contributed by atoms with E-state index >= 15 is 0 Å². The third-order valence-electron chi connectivity index (χ3n) is 1.86.